The molecule has 100 valence electrons. The van der Waals surface area contributed by atoms with Crippen LogP contribution >= 0.6 is 31.9 Å². The van der Waals surface area contributed by atoms with Crippen LogP contribution in [0.2, 0.25) is 0 Å². The number of hydrogen-bond donors (Lipinski definition) is 1. The molecule has 0 aliphatic carbocycles. The molecule has 1 rings (SSSR count). The zero-order chi connectivity index (χ0) is 13.4. The van der Waals surface area contributed by atoms with Crippen LogP contribution in [0.3, 0.4) is 0 Å². The van der Waals surface area contributed by atoms with Crippen molar-refractivity contribution in [1.29, 1.82) is 0 Å². The largest absolute Gasteiger partial charge is 0.240 e. The molecule has 0 amide bonds. The first kappa shape index (κ1) is 15.9. The van der Waals surface area contributed by atoms with Crippen molar-refractivity contribution >= 4 is 41.9 Å². The number of nitrogens with one attached hydrogen (secondary N) is 1. The summed E-state index contributed by atoms with van der Waals surface area (Å²) in [5.74, 6) is 0. The molecule has 3 nitrogen and oxygen atoms in total. The van der Waals surface area contributed by atoms with Gasteiger partial charge in [-0.15, -0.1) is 0 Å². The summed E-state index contributed by atoms with van der Waals surface area (Å²) in [4.78, 5) is 2.13. The van der Waals surface area contributed by atoms with E-state index in [9.17, 15) is 8.42 Å². The van der Waals surface area contributed by atoms with E-state index in [4.69, 9.17) is 0 Å². The second kappa shape index (κ2) is 8.09. The predicted octanol–water partition coefficient (Wildman–Crippen LogP) is 3.77. The van der Waals surface area contributed by atoms with Crippen molar-refractivity contribution in [2.75, 3.05) is 6.54 Å². The number of unbranched alkanes of at least 4 members (excludes halogenated alkanes) is 1. The minimum absolute atomic E-state index is 0.312. The third kappa shape index (κ3) is 5.65. The Hall–Kier alpha value is -0.170. The summed E-state index contributed by atoms with van der Waals surface area (Å²) in [6.45, 7) is 0.458. The fourth-order valence-electron chi connectivity index (χ4n) is 1.36. The van der Waals surface area contributed by atoms with Crippen LogP contribution < -0.4 is 4.72 Å². The van der Waals surface area contributed by atoms with Crippen LogP contribution in [0.25, 0.3) is 0 Å². The lowest BCUT2D eigenvalue weighted by Crippen LogP contribution is -2.24. The summed E-state index contributed by atoms with van der Waals surface area (Å²) in [7, 11) is -3.35. The van der Waals surface area contributed by atoms with Crippen molar-refractivity contribution in [2.45, 2.75) is 24.2 Å². The van der Waals surface area contributed by atoms with Gasteiger partial charge < -0.3 is 0 Å². The quantitative estimate of drug-likeness (QED) is 0.713. The van der Waals surface area contributed by atoms with Crippen LogP contribution in [0.4, 0.5) is 0 Å². The highest BCUT2D eigenvalue weighted by molar-refractivity contribution is 9.14. The van der Waals surface area contributed by atoms with Gasteiger partial charge in [0, 0.05) is 11.0 Å². The van der Waals surface area contributed by atoms with E-state index >= 15 is 0 Å². The van der Waals surface area contributed by atoms with E-state index < -0.39 is 10.0 Å². The molecule has 0 spiro atoms. The Bertz CT molecular complexity index is 486. The summed E-state index contributed by atoms with van der Waals surface area (Å²) in [6, 6.07) is 8.40. The Morgan fingerprint density at radius 1 is 1.22 bits per heavy atom. The van der Waals surface area contributed by atoms with Gasteiger partial charge in [0.2, 0.25) is 10.0 Å². The van der Waals surface area contributed by atoms with Gasteiger partial charge in [0.05, 0.1) is 4.90 Å². The molecule has 0 aromatic heterocycles. The Labute approximate surface area is 125 Å². The van der Waals surface area contributed by atoms with Gasteiger partial charge in [-0.3, -0.25) is 0 Å². The number of rotatable bonds is 7. The number of sulfonamides is 1. The van der Waals surface area contributed by atoms with Crippen LogP contribution in [-0.4, -0.2) is 15.0 Å². The third-order valence-corrected chi connectivity index (χ3v) is 5.58. The molecular weight excluding hydrogens is 382 g/mol. The van der Waals surface area contributed by atoms with E-state index in [0.29, 0.717) is 11.4 Å². The summed E-state index contributed by atoms with van der Waals surface area (Å²) in [5, 5.41) is 0. The zero-order valence-corrected chi connectivity index (χ0v) is 13.8. The van der Waals surface area contributed by atoms with Crippen LogP contribution in [-0.2, 0) is 10.0 Å². The van der Waals surface area contributed by atoms with Gasteiger partial charge in [0.15, 0.2) is 0 Å². The minimum Gasteiger partial charge on any atom is -0.211 e. The Kier molecular flexibility index (Phi) is 7.14. The average Bonchev–Trinajstić information content (AvgIpc) is 2.39. The normalized spacial score (nSPS) is 12.7. The smallest absolute Gasteiger partial charge is 0.211 e. The molecule has 0 heterocycles. The summed E-state index contributed by atoms with van der Waals surface area (Å²) in [5.41, 5.74) is 0. The summed E-state index contributed by atoms with van der Waals surface area (Å²) in [6.07, 6.45) is 2.64. The van der Waals surface area contributed by atoms with Crippen LogP contribution in [0.15, 0.2) is 44.7 Å². The van der Waals surface area contributed by atoms with E-state index in [2.05, 4.69) is 36.6 Å². The first-order valence-corrected chi connectivity index (χ1v) is 8.75. The lowest BCUT2D eigenvalue weighted by atomic mass is 10.2. The number of hydrogen-bond acceptors (Lipinski definition) is 2. The molecule has 0 aliphatic heterocycles. The van der Waals surface area contributed by atoms with Gasteiger partial charge in [-0.05, 0) is 36.4 Å². The molecule has 1 aromatic carbocycles. The van der Waals surface area contributed by atoms with Crippen molar-refractivity contribution in [3.63, 3.8) is 0 Å². The monoisotopic (exact) mass is 395 g/mol. The molecular formula is C12H15Br2NO2S. The molecule has 1 aromatic rings. The van der Waals surface area contributed by atoms with Crippen molar-refractivity contribution in [3.05, 3.63) is 39.8 Å². The Balaban J connectivity index is 2.35. The molecule has 6 heteroatoms. The van der Waals surface area contributed by atoms with E-state index in [0.717, 1.165) is 23.7 Å². The van der Waals surface area contributed by atoms with Gasteiger partial charge in [0.25, 0.3) is 0 Å². The standard InChI is InChI=1S/C12H15Br2NO2S/c13-10-11(14)6-4-5-9-15-18(16,17)12-7-2-1-3-8-12/h1-3,7-8,10,15H,4-6,9H2/b11-10-. The SMILES string of the molecule is O=S(=O)(NCCCC/C(Br)=C/Br)c1ccccc1. The lowest BCUT2D eigenvalue weighted by Gasteiger charge is -2.06. The maximum Gasteiger partial charge on any atom is 0.240 e. The van der Waals surface area contributed by atoms with Crippen LogP contribution in [0.5, 0.6) is 0 Å². The highest BCUT2D eigenvalue weighted by atomic mass is 79.9. The highest BCUT2D eigenvalue weighted by Crippen LogP contribution is 2.15. The maximum absolute atomic E-state index is 11.8. The minimum atomic E-state index is -3.35. The molecule has 0 bridgehead atoms. The van der Waals surface area contributed by atoms with E-state index in [-0.39, 0.29) is 0 Å². The molecule has 0 saturated carbocycles. The zero-order valence-electron chi connectivity index (χ0n) is 9.77. The van der Waals surface area contributed by atoms with Gasteiger partial charge in [0.1, 0.15) is 0 Å². The molecule has 0 fully saturated rings. The number of allylic oxidation sites excluding steroid dienone is 1. The van der Waals surface area contributed by atoms with Crippen molar-refractivity contribution in [1.82, 2.24) is 4.72 Å². The molecule has 0 unspecified atom stereocenters. The fourth-order valence-corrected chi connectivity index (χ4v) is 2.97. The van der Waals surface area contributed by atoms with Crippen molar-refractivity contribution < 1.29 is 8.42 Å². The molecule has 0 atom stereocenters. The first-order valence-electron chi connectivity index (χ1n) is 5.56. The maximum atomic E-state index is 11.8. The molecule has 0 aliphatic rings. The molecule has 1 N–H and O–H groups in total. The Morgan fingerprint density at radius 3 is 2.50 bits per heavy atom. The van der Waals surface area contributed by atoms with Gasteiger partial charge in [-0.1, -0.05) is 50.1 Å². The van der Waals surface area contributed by atoms with Gasteiger partial charge in [-0.25, -0.2) is 13.1 Å². The fraction of sp³-hybridized carbons (Fsp3) is 0.333. The molecule has 18 heavy (non-hydrogen) atoms. The Morgan fingerprint density at radius 2 is 1.89 bits per heavy atom. The van der Waals surface area contributed by atoms with E-state index in [1.165, 1.54) is 0 Å². The second-order valence-corrected chi connectivity index (χ2v) is 6.97. The summed E-state index contributed by atoms with van der Waals surface area (Å²) >= 11 is 6.61. The van der Waals surface area contributed by atoms with E-state index in [1.54, 1.807) is 30.3 Å². The first-order chi connectivity index (χ1) is 8.56. The van der Waals surface area contributed by atoms with Crippen molar-refractivity contribution in [2.24, 2.45) is 0 Å². The lowest BCUT2D eigenvalue weighted by molar-refractivity contribution is 0.577. The van der Waals surface area contributed by atoms with Crippen LogP contribution in [0, 0.1) is 0 Å². The summed E-state index contributed by atoms with van der Waals surface area (Å²) < 4.78 is 27.4. The number of benzene rings is 1. The molecule has 0 radical (unpaired) electrons. The second-order valence-electron chi connectivity index (χ2n) is 3.72. The average molecular weight is 397 g/mol. The topological polar surface area (TPSA) is 46.2 Å². The third-order valence-electron chi connectivity index (χ3n) is 2.31. The van der Waals surface area contributed by atoms with Crippen LogP contribution in [0.1, 0.15) is 19.3 Å². The highest BCUT2D eigenvalue weighted by Gasteiger charge is 2.11. The van der Waals surface area contributed by atoms with Gasteiger partial charge in [-0.2, -0.15) is 0 Å². The molecule has 0 saturated heterocycles. The van der Waals surface area contributed by atoms with Crippen molar-refractivity contribution in [3.8, 4) is 0 Å². The van der Waals surface area contributed by atoms with E-state index in [1.807, 2.05) is 4.99 Å². The number of halogens is 2. The van der Waals surface area contributed by atoms with Gasteiger partial charge >= 0.3 is 0 Å². The predicted molar refractivity (Wildman–Crippen MR) is 81.4 cm³/mol.